The maximum absolute atomic E-state index is 5.46. The van der Waals surface area contributed by atoms with Gasteiger partial charge in [0.2, 0.25) is 0 Å². The van der Waals surface area contributed by atoms with Crippen LogP contribution in [-0.2, 0) is 6.54 Å². The van der Waals surface area contributed by atoms with Crippen LogP contribution in [0.3, 0.4) is 0 Å². The van der Waals surface area contributed by atoms with Crippen LogP contribution in [0, 0.1) is 0 Å². The molecule has 0 aromatic carbocycles. The molecule has 16 heavy (non-hydrogen) atoms. The van der Waals surface area contributed by atoms with Crippen molar-refractivity contribution in [1.82, 2.24) is 15.0 Å². The van der Waals surface area contributed by atoms with Crippen molar-refractivity contribution in [3.8, 4) is 11.5 Å². The van der Waals surface area contributed by atoms with E-state index in [4.69, 9.17) is 10.3 Å². The summed E-state index contributed by atoms with van der Waals surface area (Å²) in [5.74, 6) is 1.27. The van der Waals surface area contributed by atoms with Crippen LogP contribution in [0.1, 0.15) is 5.82 Å². The largest absolute Gasteiger partial charge is 0.334 e. The van der Waals surface area contributed by atoms with Gasteiger partial charge in [-0.3, -0.25) is 4.90 Å². The third kappa shape index (κ3) is 2.66. The van der Waals surface area contributed by atoms with Crippen LogP contribution in [0.4, 0.5) is 0 Å². The molecular formula is C10H14N4OS. The number of rotatable bonds is 5. The van der Waals surface area contributed by atoms with Crippen LogP contribution in [0.25, 0.3) is 11.5 Å². The average Bonchev–Trinajstić information content (AvgIpc) is 2.86. The van der Waals surface area contributed by atoms with Gasteiger partial charge in [0, 0.05) is 18.5 Å². The molecule has 0 fully saturated rings. The Morgan fingerprint density at radius 1 is 1.56 bits per heavy atom. The van der Waals surface area contributed by atoms with Gasteiger partial charge in [0.25, 0.3) is 5.89 Å². The molecule has 0 unspecified atom stereocenters. The highest BCUT2D eigenvalue weighted by Crippen LogP contribution is 2.19. The van der Waals surface area contributed by atoms with E-state index in [1.807, 2.05) is 23.9 Å². The highest BCUT2D eigenvalue weighted by molar-refractivity contribution is 7.08. The second-order valence-electron chi connectivity index (χ2n) is 3.55. The van der Waals surface area contributed by atoms with Gasteiger partial charge in [-0.1, -0.05) is 5.16 Å². The number of hydrogen-bond donors (Lipinski definition) is 1. The summed E-state index contributed by atoms with van der Waals surface area (Å²) in [6, 6.07) is 1.96. The molecule has 0 amide bonds. The smallest absolute Gasteiger partial charge is 0.258 e. The second-order valence-corrected chi connectivity index (χ2v) is 4.33. The van der Waals surface area contributed by atoms with E-state index in [1.165, 1.54) is 0 Å². The molecule has 0 saturated carbocycles. The molecule has 0 aliphatic rings. The van der Waals surface area contributed by atoms with Gasteiger partial charge in [-0.15, -0.1) is 0 Å². The first-order valence-electron chi connectivity index (χ1n) is 5.03. The third-order valence-electron chi connectivity index (χ3n) is 2.16. The molecule has 0 radical (unpaired) electrons. The van der Waals surface area contributed by atoms with Gasteiger partial charge in [0.1, 0.15) is 0 Å². The summed E-state index contributed by atoms with van der Waals surface area (Å²) >= 11 is 1.61. The molecule has 6 heteroatoms. The fourth-order valence-corrected chi connectivity index (χ4v) is 1.99. The summed E-state index contributed by atoms with van der Waals surface area (Å²) in [6.45, 7) is 2.11. The Kier molecular flexibility index (Phi) is 3.66. The number of likely N-dealkylation sites (N-methyl/N-ethyl adjacent to an activating group) is 1. The number of nitrogens with two attached hydrogens (primary N) is 1. The van der Waals surface area contributed by atoms with E-state index < -0.39 is 0 Å². The summed E-state index contributed by atoms with van der Waals surface area (Å²) in [4.78, 5) is 6.38. The number of thiophene rings is 1. The fraction of sp³-hybridized carbons (Fsp3) is 0.400. The highest BCUT2D eigenvalue weighted by atomic mass is 32.1. The molecule has 2 aromatic heterocycles. The van der Waals surface area contributed by atoms with Gasteiger partial charge in [-0.25, -0.2) is 0 Å². The lowest BCUT2D eigenvalue weighted by molar-refractivity contribution is 0.317. The monoisotopic (exact) mass is 238 g/mol. The zero-order valence-corrected chi connectivity index (χ0v) is 9.91. The minimum Gasteiger partial charge on any atom is -0.334 e. The van der Waals surface area contributed by atoms with Crippen LogP contribution in [0.15, 0.2) is 21.3 Å². The SMILES string of the molecule is CN(CCN)Cc1noc(-c2ccsc2)n1. The Morgan fingerprint density at radius 2 is 2.44 bits per heavy atom. The minimum atomic E-state index is 0.581. The lowest BCUT2D eigenvalue weighted by Gasteiger charge is -2.11. The summed E-state index contributed by atoms with van der Waals surface area (Å²) < 4.78 is 5.18. The van der Waals surface area contributed by atoms with Gasteiger partial charge < -0.3 is 10.3 Å². The van der Waals surface area contributed by atoms with Crippen molar-refractivity contribution in [1.29, 1.82) is 0 Å². The van der Waals surface area contributed by atoms with E-state index in [1.54, 1.807) is 11.3 Å². The molecule has 2 heterocycles. The Hall–Kier alpha value is -1.24. The predicted octanol–water partition coefficient (Wildman–Crippen LogP) is 1.19. The number of nitrogens with zero attached hydrogens (tertiary/aromatic N) is 3. The first kappa shape index (κ1) is 11.3. The molecule has 2 N–H and O–H groups in total. The fourth-order valence-electron chi connectivity index (χ4n) is 1.36. The van der Waals surface area contributed by atoms with E-state index in [2.05, 4.69) is 15.0 Å². The first-order chi connectivity index (χ1) is 7.79. The van der Waals surface area contributed by atoms with Crippen LogP contribution in [0.2, 0.25) is 0 Å². The van der Waals surface area contributed by atoms with Gasteiger partial charge >= 0.3 is 0 Å². The zero-order valence-electron chi connectivity index (χ0n) is 9.09. The summed E-state index contributed by atoms with van der Waals surface area (Å²) in [5.41, 5.74) is 6.44. The third-order valence-corrected chi connectivity index (χ3v) is 2.84. The second kappa shape index (κ2) is 5.20. The Morgan fingerprint density at radius 3 is 3.12 bits per heavy atom. The molecule has 0 atom stereocenters. The predicted molar refractivity (Wildman–Crippen MR) is 63.0 cm³/mol. The van der Waals surface area contributed by atoms with Gasteiger partial charge in [0.15, 0.2) is 5.82 Å². The van der Waals surface area contributed by atoms with E-state index in [-0.39, 0.29) is 0 Å². The van der Waals surface area contributed by atoms with Gasteiger partial charge in [-0.2, -0.15) is 16.3 Å². The molecule has 0 spiro atoms. The van der Waals surface area contributed by atoms with E-state index >= 15 is 0 Å². The Balaban J connectivity index is 2.03. The molecule has 2 rings (SSSR count). The first-order valence-corrected chi connectivity index (χ1v) is 5.97. The molecule has 0 aliphatic carbocycles. The normalized spacial score (nSPS) is 11.2. The van der Waals surface area contributed by atoms with Crippen molar-refractivity contribution < 1.29 is 4.52 Å². The maximum atomic E-state index is 5.46. The molecule has 86 valence electrons. The van der Waals surface area contributed by atoms with Gasteiger partial charge in [0.05, 0.1) is 12.1 Å². The average molecular weight is 238 g/mol. The van der Waals surface area contributed by atoms with Crippen molar-refractivity contribution >= 4 is 11.3 Å². The molecular weight excluding hydrogens is 224 g/mol. The summed E-state index contributed by atoms with van der Waals surface area (Å²) in [6.07, 6.45) is 0. The Labute approximate surface area is 97.9 Å². The van der Waals surface area contributed by atoms with Crippen molar-refractivity contribution in [2.75, 3.05) is 20.1 Å². The van der Waals surface area contributed by atoms with Crippen molar-refractivity contribution in [3.05, 3.63) is 22.7 Å². The molecule has 0 saturated heterocycles. The summed E-state index contributed by atoms with van der Waals surface area (Å²) in [5, 5.41) is 7.90. The van der Waals surface area contributed by atoms with Crippen LogP contribution in [-0.4, -0.2) is 35.2 Å². The van der Waals surface area contributed by atoms with Crippen LogP contribution in [0.5, 0.6) is 0 Å². The summed E-state index contributed by atoms with van der Waals surface area (Å²) in [7, 11) is 1.98. The van der Waals surface area contributed by atoms with Crippen LogP contribution < -0.4 is 5.73 Å². The lowest BCUT2D eigenvalue weighted by Crippen LogP contribution is -2.25. The maximum Gasteiger partial charge on any atom is 0.258 e. The molecule has 0 aliphatic heterocycles. The minimum absolute atomic E-state index is 0.581. The molecule has 0 bridgehead atoms. The standard InChI is InChI=1S/C10H14N4OS/c1-14(4-3-11)6-9-12-10(15-13-9)8-2-5-16-7-8/h2,5,7H,3-4,6,11H2,1H3. The highest BCUT2D eigenvalue weighted by Gasteiger charge is 2.10. The Bertz CT molecular complexity index is 426. The van der Waals surface area contributed by atoms with E-state index in [0.29, 0.717) is 24.8 Å². The lowest BCUT2D eigenvalue weighted by atomic mass is 10.3. The molecule has 5 nitrogen and oxygen atoms in total. The van der Waals surface area contributed by atoms with Crippen LogP contribution >= 0.6 is 11.3 Å². The van der Waals surface area contributed by atoms with Crippen molar-refractivity contribution in [2.24, 2.45) is 5.73 Å². The number of hydrogen-bond acceptors (Lipinski definition) is 6. The van der Waals surface area contributed by atoms with Crippen molar-refractivity contribution in [3.63, 3.8) is 0 Å². The quantitative estimate of drug-likeness (QED) is 0.847. The topological polar surface area (TPSA) is 68.2 Å². The van der Waals surface area contributed by atoms with Gasteiger partial charge in [-0.05, 0) is 18.5 Å². The van der Waals surface area contributed by atoms with E-state index in [0.717, 1.165) is 12.1 Å². The zero-order chi connectivity index (χ0) is 11.4. The van der Waals surface area contributed by atoms with Crippen molar-refractivity contribution in [2.45, 2.75) is 6.54 Å². The van der Waals surface area contributed by atoms with E-state index in [9.17, 15) is 0 Å². The number of aromatic nitrogens is 2. The molecule has 2 aromatic rings.